The smallest absolute Gasteiger partial charge is 0.303 e. The standard InChI is InChI=1S/C11H12BrNO4/c1-17-9-3-2-7(12)6-8(9)13-10(14)4-5-11(15)16/h2-3,6H,4-5H2,1H3,(H,13,14)(H,15,16). The highest BCUT2D eigenvalue weighted by molar-refractivity contribution is 9.10. The molecule has 0 heterocycles. The van der Waals surface area contributed by atoms with Crippen LogP contribution in [-0.4, -0.2) is 24.1 Å². The molecule has 92 valence electrons. The van der Waals surface area contributed by atoms with E-state index in [1.165, 1.54) is 7.11 Å². The number of carbonyl (C=O) groups excluding carboxylic acids is 1. The maximum atomic E-state index is 11.5. The molecule has 0 aromatic heterocycles. The van der Waals surface area contributed by atoms with Gasteiger partial charge in [-0.1, -0.05) is 15.9 Å². The second-order valence-electron chi connectivity index (χ2n) is 3.29. The molecule has 6 heteroatoms. The SMILES string of the molecule is COc1ccc(Br)cc1NC(=O)CCC(=O)O. The lowest BCUT2D eigenvalue weighted by Gasteiger charge is -2.10. The van der Waals surface area contributed by atoms with E-state index in [1.54, 1.807) is 18.2 Å². The van der Waals surface area contributed by atoms with Gasteiger partial charge in [0.15, 0.2) is 0 Å². The van der Waals surface area contributed by atoms with Gasteiger partial charge in [0.1, 0.15) is 5.75 Å². The molecular formula is C11H12BrNO4. The van der Waals surface area contributed by atoms with Gasteiger partial charge in [-0.2, -0.15) is 0 Å². The van der Waals surface area contributed by atoms with E-state index < -0.39 is 5.97 Å². The Morgan fingerprint density at radius 3 is 2.71 bits per heavy atom. The van der Waals surface area contributed by atoms with Crippen molar-refractivity contribution in [3.8, 4) is 5.75 Å². The summed E-state index contributed by atoms with van der Waals surface area (Å²) in [6.45, 7) is 0. The summed E-state index contributed by atoms with van der Waals surface area (Å²) in [6.07, 6.45) is -0.257. The summed E-state index contributed by atoms with van der Waals surface area (Å²) in [6, 6.07) is 5.18. The Balaban J connectivity index is 2.69. The quantitative estimate of drug-likeness (QED) is 0.875. The Labute approximate surface area is 107 Å². The third-order valence-electron chi connectivity index (χ3n) is 2.00. The van der Waals surface area contributed by atoms with Crippen molar-refractivity contribution in [2.24, 2.45) is 0 Å². The molecule has 0 aliphatic heterocycles. The Bertz CT molecular complexity index is 433. The zero-order valence-electron chi connectivity index (χ0n) is 9.20. The monoisotopic (exact) mass is 301 g/mol. The van der Waals surface area contributed by atoms with Crippen LogP contribution in [0, 0.1) is 0 Å². The molecule has 0 radical (unpaired) electrons. The molecule has 17 heavy (non-hydrogen) atoms. The lowest BCUT2D eigenvalue weighted by atomic mass is 10.2. The maximum absolute atomic E-state index is 11.5. The fraction of sp³-hybridized carbons (Fsp3) is 0.273. The zero-order valence-corrected chi connectivity index (χ0v) is 10.8. The summed E-state index contributed by atoms with van der Waals surface area (Å²) in [5.41, 5.74) is 0.511. The predicted octanol–water partition coefficient (Wildman–Crippen LogP) is 2.26. The van der Waals surface area contributed by atoms with Crippen LogP contribution in [0.1, 0.15) is 12.8 Å². The number of nitrogens with one attached hydrogen (secondary N) is 1. The molecule has 0 saturated carbocycles. The van der Waals surface area contributed by atoms with Gasteiger partial charge in [-0.3, -0.25) is 9.59 Å². The van der Waals surface area contributed by atoms with Crippen LogP contribution in [0.4, 0.5) is 5.69 Å². The van der Waals surface area contributed by atoms with E-state index >= 15 is 0 Å². The average Bonchev–Trinajstić information content (AvgIpc) is 2.27. The van der Waals surface area contributed by atoms with Crippen molar-refractivity contribution in [1.82, 2.24) is 0 Å². The van der Waals surface area contributed by atoms with Gasteiger partial charge in [-0.15, -0.1) is 0 Å². The molecule has 0 saturated heterocycles. The molecule has 0 unspecified atom stereocenters. The molecule has 1 rings (SSSR count). The number of benzene rings is 1. The number of hydrogen-bond donors (Lipinski definition) is 2. The van der Waals surface area contributed by atoms with Crippen molar-refractivity contribution in [3.05, 3.63) is 22.7 Å². The summed E-state index contributed by atoms with van der Waals surface area (Å²) in [5, 5.41) is 11.1. The first-order valence-electron chi connectivity index (χ1n) is 4.88. The van der Waals surface area contributed by atoms with Gasteiger partial charge >= 0.3 is 5.97 Å². The van der Waals surface area contributed by atoms with Gasteiger partial charge in [0.05, 0.1) is 19.2 Å². The molecule has 0 spiro atoms. The molecule has 0 aliphatic carbocycles. The van der Waals surface area contributed by atoms with Gasteiger partial charge in [-0.25, -0.2) is 0 Å². The van der Waals surface area contributed by atoms with Gasteiger partial charge in [0.25, 0.3) is 0 Å². The van der Waals surface area contributed by atoms with E-state index in [0.29, 0.717) is 11.4 Å². The molecule has 0 bridgehead atoms. The number of aliphatic carboxylic acids is 1. The summed E-state index contributed by atoms with van der Waals surface area (Å²) >= 11 is 3.28. The lowest BCUT2D eigenvalue weighted by Crippen LogP contribution is -2.13. The Morgan fingerprint density at radius 1 is 1.41 bits per heavy atom. The minimum atomic E-state index is -0.999. The van der Waals surface area contributed by atoms with Gasteiger partial charge in [0, 0.05) is 10.9 Å². The van der Waals surface area contributed by atoms with Crippen LogP contribution in [-0.2, 0) is 9.59 Å². The van der Waals surface area contributed by atoms with E-state index in [0.717, 1.165) is 4.47 Å². The van der Waals surface area contributed by atoms with Crippen LogP contribution in [0.5, 0.6) is 5.75 Å². The normalized spacial score (nSPS) is 9.76. The fourth-order valence-corrected chi connectivity index (χ4v) is 1.57. The van der Waals surface area contributed by atoms with E-state index in [4.69, 9.17) is 9.84 Å². The van der Waals surface area contributed by atoms with Crippen molar-refractivity contribution in [2.45, 2.75) is 12.8 Å². The van der Waals surface area contributed by atoms with Crippen LogP contribution < -0.4 is 10.1 Å². The number of carboxylic acid groups (broad SMARTS) is 1. The molecule has 2 N–H and O–H groups in total. The molecule has 0 fully saturated rings. The van der Waals surface area contributed by atoms with Crippen molar-refractivity contribution >= 4 is 33.5 Å². The lowest BCUT2D eigenvalue weighted by molar-refractivity contribution is -0.138. The van der Waals surface area contributed by atoms with Gasteiger partial charge in [0.2, 0.25) is 5.91 Å². The van der Waals surface area contributed by atoms with Gasteiger partial charge in [-0.05, 0) is 18.2 Å². The number of amides is 1. The summed E-state index contributed by atoms with van der Waals surface area (Å²) in [5.74, 6) is -0.831. The highest BCUT2D eigenvalue weighted by Crippen LogP contribution is 2.27. The van der Waals surface area contributed by atoms with E-state index in [-0.39, 0.29) is 18.7 Å². The summed E-state index contributed by atoms with van der Waals surface area (Å²) in [4.78, 5) is 21.8. The summed E-state index contributed by atoms with van der Waals surface area (Å²) in [7, 11) is 1.50. The van der Waals surface area contributed by atoms with Crippen molar-refractivity contribution < 1.29 is 19.4 Å². The molecule has 1 aromatic rings. The summed E-state index contributed by atoms with van der Waals surface area (Å²) < 4.78 is 5.87. The Kier molecular flexibility index (Phi) is 4.96. The number of methoxy groups -OCH3 is 1. The van der Waals surface area contributed by atoms with E-state index in [9.17, 15) is 9.59 Å². The van der Waals surface area contributed by atoms with Crippen LogP contribution >= 0.6 is 15.9 Å². The molecule has 5 nitrogen and oxygen atoms in total. The number of anilines is 1. The fourth-order valence-electron chi connectivity index (χ4n) is 1.21. The van der Waals surface area contributed by atoms with Crippen LogP contribution in [0.2, 0.25) is 0 Å². The van der Waals surface area contributed by atoms with Crippen molar-refractivity contribution in [1.29, 1.82) is 0 Å². The number of hydrogen-bond acceptors (Lipinski definition) is 3. The van der Waals surface area contributed by atoms with Gasteiger partial charge < -0.3 is 15.2 Å². The highest BCUT2D eigenvalue weighted by Gasteiger charge is 2.09. The number of ether oxygens (including phenoxy) is 1. The van der Waals surface area contributed by atoms with Crippen LogP contribution in [0.3, 0.4) is 0 Å². The number of halogens is 1. The van der Waals surface area contributed by atoms with Crippen molar-refractivity contribution in [3.63, 3.8) is 0 Å². The number of rotatable bonds is 5. The number of carbonyl (C=O) groups is 2. The maximum Gasteiger partial charge on any atom is 0.303 e. The topological polar surface area (TPSA) is 75.6 Å². The molecule has 1 aromatic carbocycles. The first-order chi connectivity index (χ1) is 8.02. The van der Waals surface area contributed by atoms with Crippen LogP contribution in [0.25, 0.3) is 0 Å². The molecular weight excluding hydrogens is 290 g/mol. The van der Waals surface area contributed by atoms with E-state index in [1.807, 2.05) is 0 Å². The molecule has 0 atom stereocenters. The third-order valence-corrected chi connectivity index (χ3v) is 2.49. The second kappa shape index (κ2) is 6.24. The minimum Gasteiger partial charge on any atom is -0.495 e. The predicted molar refractivity (Wildman–Crippen MR) is 66.2 cm³/mol. The first-order valence-corrected chi connectivity index (χ1v) is 5.67. The molecule has 1 amide bonds. The zero-order chi connectivity index (χ0) is 12.8. The van der Waals surface area contributed by atoms with Crippen LogP contribution in [0.15, 0.2) is 22.7 Å². The largest absolute Gasteiger partial charge is 0.495 e. The minimum absolute atomic E-state index is 0.0645. The highest BCUT2D eigenvalue weighted by atomic mass is 79.9. The average molecular weight is 302 g/mol. The number of carboxylic acids is 1. The van der Waals surface area contributed by atoms with E-state index in [2.05, 4.69) is 21.2 Å². The second-order valence-corrected chi connectivity index (χ2v) is 4.20. The first kappa shape index (κ1) is 13.5. The third kappa shape index (κ3) is 4.44. The molecule has 0 aliphatic rings. The van der Waals surface area contributed by atoms with Crippen molar-refractivity contribution in [2.75, 3.05) is 12.4 Å². The Morgan fingerprint density at radius 2 is 2.12 bits per heavy atom. The Hall–Kier alpha value is -1.56.